The summed E-state index contributed by atoms with van der Waals surface area (Å²) in [7, 11) is 0. The van der Waals surface area contributed by atoms with Gasteiger partial charge in [0.1, 0.15) is 5.15 Å². The van der Waals surface area contributed by atoms with E-state index in [1.807, 2.05) is 6.92 Å². The molecule has 0 saturated carbocycles. The van der Waals surface area contributed by atoms with Crippen LogP contribution in [-0.4, -0.2) is 26.3 Å². The molecule has 2 aromatic rings. The average Bonchev–Trinajstić information content (AvgIpc) is 2.63. The summed E-state index contributed by atoms with van der Waals surface area (Å²) < 4.78 is 5.27. The van der Waals surface area contributed by atoms with Gasteiger partial charge >= 0.3 is 5.97 Å². The summed E-state index contributed by atoms with van der Waals surface area (Å²) >= 11 is 5.68. The molecule has 0 spiro atoms. The third kappa shape index (κ3) is 2.73. The number of rotatable bonds is 3. The molecule has 0 atom stereocenters. The molecule has 0 aliphatic carbocycles. The minimum atomic E-state index is -1.10. The second-order valence-electron chi connectivity index (χ2n) is 3.31. The highest BCUT2D eigenvalue weighted by Crippen LogP contribution is 2.21. The number of aromatic amines is 1. The van der Waals surface area contributed by atoms with Gasteiger partial charge in [-0.1, -0.05) is 11.6 Å². The van der Waals surface area contributed by atoms with Crippen LogP contribution in [0.25, 0.3) is 0 Å². The van der Waals surface area contributed by atoms with Gasteiger partial charge in [0.25, 0.3) is 0 Å². The lowest BCUT2D eigenvalue weighted by atomic mass is 10.3. The van der Waals surface area contributed by atoms with E-state index in [0.29, 0.717) is 5.88 Å². The minimum absolute atomic E-state index is 0.00672. The number of carboxylic acids is 1. The van der Waals surface area contributed by atoms with E-state index in [2.05, 4.69) is 15.2 Å². The largest absolute Gasteiger partial charge is 0.478 e. The zero-order valence-electron chi connectivity index (χ0n) is 8.77. The van der Waals surface area contributed by atoms with Gasteiger partial charge in [-0.25, -0.2) is 9.78 Å². The van der Waals surface area contributed by atoms with E-state index < -0.39 is 5.97 Å². The molecule has 0 aromatic carbocycles. The van der Waals surface area contributed by atoms with E-state index in [4.69, 9.17) is 21.4 Å². The highest BCUT2D eigenvalue weighted by atomic mass is 35.5. The number of hydrogen-bond acceptors (Lipinski definition) is 4. The Balaban J connectivity index is 2.29. The van der Waals surface area contributed by atoms with Gasteiger partial charge in [0.2, 0.25) is 11.8 Å². The van der Waals surface area contributed by atoms with Crippen LogP contribution in [0.4, 0.5) is 0 Å². The lowest BCUT2D eigenvalue weighted by Gasteiger charge is -2.02. The summed E-state index contributed by atoms with van der Waals surface area (Å²) in [5, 5.41) is 15.4. The summed E-state index contributed by atoms with van der Waals surface area (Å²) in [6.07, 6.45) is 0. The van der Waals surface area contributed by atoms with Gasteiger partial charge in [-0.05, 0) is 13.0 Å². The summed E-state index contributed by atoms with van der Waals surface area (Å²) in [5.74, 6) is -0.715. The van der Waals surface area contributed by atoms with Crippen LogP contribution in [0.3, 0.4) is 0 Å². The van der Waals surface area contributed by atoms with Crippen LogP contribution in [0.2, 0.25) is 5.15 Å². The van der Waals surface area contributed by atoms with Gasteiger partial charge in [0, 0.05) is 17.8 Å². The van der Waals surface area contributed by atoms with Gasteiger partial charge in [0.05, 0.1) is 5.56 Å². The molecule has 0 radical (unpaired) electrons. The number of halogens is 1. The van der Waals surface area contributed by atoms with Crippen LogP contribution in [0.5, 0.6) is 11.8 Å². The first kappa shape index (κ1) is 11.4. The predicted molar refractivity (Wildman–Crippen MR) is 59.6 cm³/mol. The Labute approximate surface area is 101 Å². The maximum atomic E-state index is 10.8. The number of hydrogen-bond donors (Lipinski definition) is 2. The quantitative estimate of drug-likeness (QED) is 0.819. The maximum Gasteiger partial charge on any atom is 0.335 e. The molecule has 0 fully saturated rings. The third-order valence-corrected chi connectivity index (χ3v) is 2.10. The maximum absolute atomic E-state index is 10.8. The zero-order chi connectivity index (χ0) is 12.4. The number of carboxylic acid groups (broad SMARTS) is 1. The number of aromatic nitrogens is 3. The number of nitrogens with zero attached hydrogens (tertiary/aromatic N) is 2. The van der Waals surface area contributed by atoms with Crippen molar-refractivity contribution in [3.63, 3.8) is 0 Å². The molecule has 0 amide bonds. The van der Waals surface area contributed by atoms with Gasteiger partial charge < -0.3 is 9.84 Å². The van der Waals surface area contributed by atoms with Crippen LogP contribution in [0.1, 0.15) is 16.1 Å². The Bertz CT molecular complexity index is 568. The molecule has 2 heterocycles. The monoisotopic (exact) mass is 253 g/mol. The summed E-state index contributed by atoms with van der Waals surface area (Å²) in [6, 6.07) is 4.17. The molecule has 0 aliphatic heterocycles. The fourth-order valence-corrected chi connectivity index (χ4v) is 1.40. The normalized spacial score (nSPS) is 10.2. The van der Waals surface area contributed by atoms with Crippen LogP contribution < -0.4 is 4.74 Å². The first-order chi connectivity index (χ1) is 8.04. The molecule has 2 aromatic heterocycles. The molecule has 88 valence electrons. The first-order valence-electron chi connectivity index (χ1n) is 4.65. The van der Waals surface area contributed by atoms with Crippen LogP contribution in [-0.2, 0) is 0 Å². The number of aromatic carboxylic acids is 1. The van der Waals surface area contributed by atoms with E-state index in [9.17, 15) is 4.79 Å². The first-order valence-corrected chi connectivity index (χ1v) is 5.03. The van der Waals surface area contributed by atoms with Crippen LogP contribution in [0.15, 0.2) is 18.2 Å². The lowest BCUT2D eigenvalue weighted by Crippen LogP contribution is -1.98. The summed E-state index contributed by atoms with van der Waals surface area (Å²) in [5.41, 5.74) is 0.827. The number of pyridine rings is 1. The Kier molecular flexibility index (Phi) is 2.97. The number of ether oxygens (including phenoxy) is 1. The second kappa shape index (κ2) is 4.42. The Morgan fingerprint density at radius 3 is 2.76 bits per heavy atom. The van der Waals surface area contributed by atoms with Crippen molar-refractivity contribution in [1.29, 1.82) is 0 Å². The number of carbonyl (C=O) groups is 1. The Morgan fingerprint density at radius 1 is 1.41 bits per heavy atom. The lowest BCUT2D eigenvalue weighted by molar-refractivity contribution is 0.0696. The van der Waals surface area contributed by atoms with Crippen molar-refractivity contribution in [2.45, 2.75) is 6.92 Å². The molecule has 0 unspecified atom stereocenters. The fraction of sp³-hybridized carbons (Fsp3) is 0.100. The highest BCUT2D eigenvalue weighted by molar-refractivity contribution is 6.29. The molecule has 2 rings (SSSR count). The minimum Gasteiger partial charge on any atom is -0.478 e. The average molecular weight is 254 g/mol. The molecular formula is C10H8ClN3O3. The van der Waals surface area contributed by atoms with Crippen molar-refractivity contribution < 1.29 is 14.6 Å². The molecule has 0 bridgehead atoms. The van der Waals surface area contributed by atoms with Crippen molar-refractivity contribution >= 4 is 17.6 Å². The summed E-state index contributed by atoms with van der Waals surface area (Å²) in [4.78, 5) is 14.6. The van der Waals surface area contributed by atoms with E-state index >= 15 is 0 Å². The molecule has 17 heavy (non-hydrogen) atoms. The van der Waals surface area contributed by atoms with E-state index in [0.717, 1.165) is 5.69 Å². The fourth-order valence-electron chi connectivity index (χ4n) is 1.20. The van der Waals surface area contributed by atoms with E-state index in [1.165, 1.54) is 12.1 Å². The van der Waals surface area contributed by atoms with Crippen molar-refractivity contribution in [3.05, 3.63) is 34.6 Å². The van der Waals surface area contributed by atoms with Crippen molar-refractivity contribution in [2.75, 3.05) is 0 Å². The van der Waals surface area contributed by atoms with Crippen LogP contribution >= 0.6 is 11.6 Å². The molecule has 0 saturated heterocycles. The van der Waals surface area contributed by atoms with Gasteiger partial charge in [0.15, 0.2) is 0 Å². The standard InChI is InChI=1S/C10H8ClN3O3/c1-5-2-9(14-13-5)17-8-4-6(10(15)16)3-7(11)12-8/h2-4H,1H3,(H,13,14)(H,15,16). The van der Waals surface area contributed by atoms with Gasteiger partial charge in [-0.2, -0.15) is 0 Å². The Morgan fingerprint density at radius 2 is 2.18 bits per heavy atom. The smallest absolute Gasteiger partial charge is 0.335 e. The molecule has 6 nitrogen and oxygen atoms in total. The number of aryl methyl sites for hydroxylation is 1. The SMILES string of the molecule is Cc1cc(Oc2cc(C(=O)O)cc(Cl)n2)n[nH]1. The van der Waals surface area contributed by atoms with E-state index in [-0.39, 0.29) is 16.6 Å². The van der Waals surface area contributed by atoms with Crippen molar-refractivity contribution in [3.8, 4) is 11.8 Å². The molecular weight excluding hydrogens is 246 g/mol. The number of nitrogens with one attached hydrogen (secondary N) is 1. The number of H-pyrrole nitrogens is 1. The summed E-state index contributed by atoms with van der Waals surface area (Å²) in [6.45, 7) is 1.81. The van der Waals surface area contributed by atoms with Crippen molar-refractivity contribution in [1.82, 2.24) is 15.2 Å². The predicted octanol–water partition coefficient (Wildman–Crippen LogP) is 2.26. The Hall–Kier alpha value is -2.08. The topological polar surface area (TPSA) is 88.1 Å². The third-order valence-electron chi connectivity index (χ3n) is 1.91. The zero-order valence-corrected chi connectivity index (χ0v) is 9.52. The second-order valence-corrected chi connectivity index (χ2v) is 3.70. The van der Waals surface area contributed by atoms with Crippen LogP contribution in [0, 0.1) is 6.92 Å². The molecule has 0 aliphatic rings. The van der Waals surface area contributed by atoms with E-state index in [1.54, 1.807) is 6.07 Å². The highest BCUT2D eigenvalue weighted by Gasteiger charge is 2.10. The van der Waals surface area contributed by atoms with Gasteiger partial charge in [-0.15, -0.1) is 5.10 Å². The van der Waals surface area contributed by atoms with Crippen molar-refractivity contribution in [2.24, 2.45) is 0 Å². The van der Waals surface area contributed by atoms with Gasteiger partial charge in [-0.3, -0.25) is 5.10 Å². The molecule has 7 heteroatoms. The molecule has 2 N–H and O–H groups in total.